The lowest BCUT2D eigenvalue weighted by Crippen LogP contribution is -2.18. The third kappa shape index (κ3) is 19.8. The van der Waals surface area contributed by atoms with Gasteiger partial charge >= 0.3 is 5.97 Å². The number of hydrogen-bond donors (Lipinski definition) is 1. The zero-order valence-electron chi connectivity index (χ0n) is 17.8. The largest absolute Gasteiger partial charge is 0.463 e. The van der Waals surface area contributed by atoms with Crippen LogP contribution < -0.4 is 0 Å². The van der Waals surface area contributed by atoms with Crippen molar-refractivity contribution in [2.24, 2.45) is 0 Å². The van der Waals surface area contributed by atoms with E-state index < -0.39 is 6.10 Å². The highest BCUT2D eigenvalue weighted by molar-refractivity contribution is 5.69. The number of hydrogen-bond acceptors (Lipinski definition) is 3. The first-order valence-electron chi connectivity index (χ1n) is 11.5. The number of carbonyl (C=O) groups excluding carboxylic acids is 1. The molecule has 1 atom stereocenters. The Balaban J connectivity index is 3.16. The Labute approximate surface area is 163 Å². The van der Waals surface area contributed by atoms with E-state index in [1.54, 1.807) is 0 Å². The molecule has 0 saturated heterocycles. The van der Waals surface area contributed by atoms with Crippen molar-refractivity contribution in [1.29, 1.82) is 0 Å². The minimum Gasteiger partial charge on any atom is -0.463 e. The van der Waals surface area contributed by atoms with Gasteiger partial charge < -0.3 is 9.84 Å². The van der Waals surface area contributed by atoms with E-state index in [4.69, 9.17) is 4.74 Å². The fraction of sp³-hybridized carbons (Fsp3) is 0.957. The Hall–Kier alpha value is -0.570. The zero-order chi connectivity index (χ0) is 19.3. The molecule has 0 aliphatic rings. The van der Waals surface area contributed by atoms with Gasteiger partial charge in [0.15, 0.2) is 0 Å². The lowest BCUT2D eigenvalue weighted by molar-refractivity contribution is -0.146. The van der Waals surface area contributed by atoms with Crippen molar-refractivity contribution >= 4 is 5.97 Å². The van der Waals surface area contributed by atoms with Gasteiger partial charge in [-0.2, -0.15) is 0 Å². The van der Waals surface area contributed by atoms with Gasteiger partial charge in [-0.05, 0) is 12.8 Å². The molecule has 1 unspecified atom stereocenters. The Kier molecular flexibility index (Phi) is 20.3. The predicted octanol–water partition coefficient (Wildman–Crippen LogP) is 6.95. The Morgan fingerprint density at radius 1 is 0.692 bits per heavy atom. The van der Waals surface area contributed by atoms with E-state index in [9.17, 15) is 9.90 Å². The molecule has 0 saturated carbocycles. The van der Waals surface area contributed by atoms with Gasteiger partial charge in [0.1, 0.15) is 6.61 Å². The van der Waals surface area contributed by atoms with Crippen molar-refractivity contribution in [2.75, 3.05) is 6.61 Å². The number of esters is 1. The van der Waals surface area contributed by atoms with Crippen molar-refractivity contribution in [1.82, 2.24) is 0 Å². The van der Waals surface area contributed by atoms with Gasteiger partial charge in [0.25, 0.3) is 0 Å². The number of aliphatic hydroxyl groups excluding tert-OH is 1. The summed E-state index contributed by atoms with van der Waals surface area (Å²) >= 11 is 0. The van der Waals surface area contributed by atoms with E-state index in [0.29, 0.717) is 12.8 Å². The molecule has 0 aliphatic carbocycles. The smallest absolute Gasteiger partial charge is 0.305 e. The van der Waals surface area contributed by atoms with Gasteiger partial charge in [-0.3, -0.25) is 4.79 Å². The molecule has 0 aromatic rings. The third-order valence-electron chi connectivity index (χ3n) is 5.04. The number of aliphatic hydroxyl groups is 1. The summed E-state index contributed by atoms with van der Waals surface area (Å²) in [5.74, 6) is -0.158. The standard InChI is InChI=1S/C23H46O3/c1-3-5-6-7-8-9-10-11-12-13-14-15-16-17-18-20-23(25)26-21-22(24)19-4-2/h22,24H,3-21H2,1-2H3. The van der Waals surface area contributed by atoms with Crippen LogP contribution in [0.5, 0.6) is 0 Å². The van der Waals surface area contributed by atoms with Crippen LogP contribution in [-0.2, 0) is 9.53 Å². The summed E-state index contributed by atoms with van der Waals surface area (Å²) in [5, 5.41) is 9.52. The molecule has 0 rings (SSSR count). The van der Waals surface area contributed by atoms with Gasteiger partial charge in [-0.15, -0.1) is 0 Å². The summed E-state index contributed by atoms with van der Waals surface area (Å²) in [4.78, 5) is 11.6. The summed E-state index contributed by atoms with van der Waals surface area (Å²) < 4.78 is 5.09. The fourth-order valence-corrected chi connectivity index (χ4v) is 3.32. The molecule has 0 aromatic heterocycles. The van der Waals surface area contributed by atoms with E-state index in [1.807, 2.05) is 6.92 Å². The van der Waals surface area contributed by atoms with Crippen LogP contribution in [0.2, 0.25) is 0 Å². The monoisotopic (exact) mass is 370 g/mol. The van der Waals surface area contributed by atoms with Crippen molar-refractivity contribution in [3.63, 3.8) is 0 Å². The minimum absolute atomic E-state index is 0.158. The maximum absolute atomic E-state index is 11.6. The zero-order valence-corrected chi connectivity index (χ0v) is 17.8. The molecule has 0 spiro atoms. The second kappa shape index (κ2) is 20.7. The Morgan fingerprint density at radius 2 is 1.12 bits per heavy atom. The molecular weight excluding hydrogens is 324 g/mol. The molecule has 3 nitrogen and oxygen atoms in total. The molecule has 0 radical (unpaired) electrons. The highest BCUT2D eigenvalue weighted by atomic mass is 16.5. The Morgan fingerprint density at radius 3 is 1.54 bits per heavy atom. The molecule has 26 heavy (non-hydrogen) atoms. The molecule has 0 aliphatic heterocycles. The second-order valence-corrected chi connectivity index (χ2v) is 7.83. The summed E-state index contributed by atoms with van der Waals surface area (Å²) in [7, 11) is 0. The average molecular weight is 371 g/mol. The molecule has 0 amide bonds. The molecule has 3 heteroatoms. The Bertz CT molecular complexity index is 291. The molecule has 0 fully saturated rings. The van der Waals surface area contributed by atoms with Crippen LogP contribution in [0.1, 0.15) is 129 Å². The van der Waals surface area contributed by atoms with Crippen LogP contribution >= 0.6 is 0 Å². The quantitative estimate of drug-likeness (QED) is 0.186. The van der Waals surface area contributed by atoms with E-state index in [1.165, 1.54) is 83.5 Å². The summed E-state index contributed by atoms with van der Waals surface area (Å²) in [6.07, 6.45) is 21.5. The lowest BCUT2D eigenvalue weighted by atomic mass is 10.0. The maximum Gasteiger partial charge on any atom is 0.305 e. The van der Waals surface area contributed by atoms with Crippen molar-refractivity contribution in [3.8, 4) is 0 Å². The van der Waals surface area contributed by atoms with E-state index in [-0.39, 0.29) is 12.6 Å². The van der Waals surface area contributed by atoms with Crippen LogP contribution in [-0.4, -0.2) is 23.8 Å². The molecule has 156 valence electrons. The average Bonchev–Trinajstić information content (AvgIpc) is 2.63. The summed E-state index contributed by atoms with van der Waals surface area (Å²) in [6, 6.07) is 0. The second-order valence-electron chi connectivity index (χ2n) is 7.83. The topological polar surface area (TPSA) is 46.5 Å². The molecule has 0 aromatic carbocycles. The highest BCUT2D eigenvalue weighted by Crippen LogP contribution is 2.13. The number of rotatable bonds is 20. The van der Waals surface area contributed by atoms with Crippen LogP contribution in [0, 0.1) is 0 Å². The van der Waals surface area contributed by atoms with E-state index in [0.717, 1.165) is 19.3 Å². The first kappa shape index (κ1) is 25.4. The van der Waals surface area contributed by atoms with Gasteiger partial charge in [0.2, 0.25) is 0 Å². The highest BCUT2D eigenvalue weighted by Gasteiger charge is 2.07. The first-order chi connectivity index (χ1) is 12.7. The molecule has 0 bridgehead atoms. The SMILES string of the molecule is CCCCCCCCCCCCCCCCCC(=O)OCC(O)CCC. The first-order valence-corrected chi connectivity index (χ1v) is 11.5. The van der Waals surface area contributed by atoms with Crippen molar-refractivity contribution < 1.29 is 14.6 Å². The van der Waals surface area contributed by atoms with E-state index in [2.05, 4.69) is 6.92 Å². The van der Waals surface area contributed by atoms with Crippen LogP contribution in [0.15, 0.2) is 0 Å². The molecular formula is C23H46O3. The number of carbonyl (C=O) groups is 1. The van der Waals surface area contributed by atoms with Gasteiger partial charge in [0.05, 0.1) is 6.10 Å². The van der Waals surface area contributed by atoms with Crippen molar-refractivity contribution in [3.05, 3.63) is 0 Å². The lowest BCUT2D eigenvalue weighted by Gasteiger charge is -2.10. The number of ether oxygens (including phenoxy) is 1. The van der Waals surface area contributed by atoms with Gasteiger partial charge in [-0.1, -0.05) is 110 Å². The van der Waals surface area contributed by atoms with Crippen LogP contribution in [0.3, 0.4) is 0 Å². The van der Waals surface area contributed by atoms with Gasteiger partial charge in [0, 0.05) is 6.42 Å². The van der Waals surface area contributed by atoms with Crippen molar-refractivity contribution in [2.45, 2.75) is 136 Å². The maximum atomic E-state index is 11.6. The normalized spacial score (nSPS) is 12.3. The van der Waals surface area contributed by atoms with E-state index >= 15 is 0 Å². The van der Waals surface area contributed by atoms with Gasteiger partial charge in [-0.25, -0.2) is 0 Å². The van der Waals surface area contributed by atoms with Crippen LogP contribution in [0.25, 0.3) is 0 Å². The third-order valence-corrected chi connectivity index (χ3v) is 5.04. The minimum atomic E-state index is -0.495. The fourth-order valence-electron chi connectivity index (χ4n) is 3.32. The molecule has 1 N–H and O–H groups in total. The summed E-state index contributed by atoms with van der Waals surface area (Å²) in [5.41, 5.74) is 0. The molecule has 0 heterocycles. The summed E-state index contributed by atoms with van der Waals surface area (Å²) in [6.45, 7) is 4.45. The predicted molar refractivity (Wildman–Crippen MR) is 111 cm³/mol. The number of unbranched alkanes of at least 4 members (excludes halogenated alkanes) is 14. The van der Waals surface area contributed by atoms with Crippen LogP contribution in [0.4, 0.5) is 0 Å².